The van der Waals surface area contributed by atoms with Gasteiger partial charge in [0.25, 0.3) is 5.56 Å². The van der Waals surface area contributed by atoms with E-state index in [0.717, 1.165) is 36.1 Å². The number of carboxylic acid groups (broad SMARTS) is 1. The summed E-state index contributed by atoms with van der Waals surface area (Å²) >= 11 is 1.22. The molecule has 230 valence electrons. The molecule has 2 fully saturated rings. The Bertz CT molecular complexity index is 1750. The Kier molecular flexibility index (Phi) is 8.59. The normalized spacial score (nSPS) is 20.6. The van der Waals surface area contributed by atoms with E-state index in [0.29, 0.717) is 38.7 Å². The van der Waals surface area contributed by atoms with Crippen molar-refractivity contribution in [1.82, 2.24) is 19.4 Å². The van der Waals surface area contributed by atoms with Crippen LogP contribution in [0.15, 0.2) is 50.7 Å². The number of para-hydroxylation sites is 1. The van der Waals surface area contributed by atoms with Gasteiger partial charge in [-0.2, -0.15) is 0 Å². The van der Waals surface area contributed by atoms with Crippen LogP contribution in [0.25, 0.3) is 21.0 Å². The average molecular weight is 631 g/mol. The second-order valence-corrected chi connectivity index (χ2v) is 12.6. The van der Waals surface area contributed by atoms with Crippen molar-refractivity contribution < 1.29 is 23.8 Å². The Labute approximate surface area is 257 Å². The van der Waals surface area contributed by atoms with Crippen LogP contribution in [-0.4, -0.2) is 51.5 Å². The van der Waals surface area contributed by atoms with Gasteiger partial charge in [-0.15, -0.1) is 23.7 Å². The highest BCUT2D eigenvalue weighted by molar-refractivity contribution is 7.22. The molecule has 1 saturated carbocycles. The first-order valence-electron chi connectivity index (χ1n) is 14.0. The van der Waals surface area contributed by atoms with Crippen molar-refractivity contribution in [2.24, 2.45) is 11.8 Å². The van der Waals surface area contributed by atoms with Crippen LogP contribution in [0.4, 0.5) is 0 Å². The molecule has 3 atom stereocenters. The Morgan fingerprint density at radius 2 is 1.93 bits per heavy atom. The van der Waals surface area contributed by atoms with E-state index >= 15 is 0 Å². The second-order valence-electron chi connectivity index (χ2n) is 11.6. The van der Waals surface area contributed by atoms with Crippen molar-refractivity contribution in [2.75, 3.05) is 20.2 Å². The van der Waals surface area contributed by atoms with Gasteiger partial charge >= 0.3 is 11.7 Å². The summed E-state index contributed by atoms with van der Waals surface area (Å²) in [5.74, 6) is 0.735. The van der Waals surface area contributed by atoms with Crippen LogP contribution in [0.5, 0.6) is 5.75 Å². The molecule has 1 aromatic carbocycles. The van der Waals surface area contributed by atoms with Crippen molar-refractivity contribution in [3.8, 4) is 16.5 Å². The number of ether oxygens (including phenoxy) is 2. The molecule has 1 saturated heterocycles. The molecule has 11 nitrogen and oxygen atoms in total. The van der Waals surface area contributed by atoms with Gasteiger partial charge in [-0.1, -0.05) is 18.2 Å². The lowest BCUT2D eigenvalue weighted by atomic mass is 10.0. The van der Waals surface area contributed by atoms with Gasteiger partial charge in [0.2, 0.25) is 5.89 Å². The molecular formula is C30H35ClN4O7S. The molecule has 0 radical (unpaired) electrons. The fourth-order valence-electron chi connectivity index (χ4n) is 6.40. The van der Waals surface area contributed by atoms with E-state index in [1.165, 1.54) is 42.2 Å². The SMILES string of the molecule is COc1ccccc1C(Cn1c(=O)n(C(C)(C)C(=O)O)c(=O)c2c(C)c(-c3ncco3)sc21)OC1CC2CNCC2C1.Cl. The van der Waals surface area contributed by atoms with Crippen molar-refractivity contribution in [3.05, 3.63) is 68.7 Å². The summed E-state index contributed by atoms with van der Waals surface area (Å²) in [6, 6.07) is 7.53. The first-order valence-corrected chi connectivity index (χ1v) is 14.8. The highest BCUT2D eigenvalue weighted by Crippen LogP contribution is 2.41. The van der Waals surface area contributed by atoms with Gasteiger partial charge in [-0.25, -0.2) is 19.1 Å². The fourth-order valence-corrected chi connectivity index (χ4v) is 7.64. The number of halogens is 1. The minimum absolute atomic E-state index is 0. The number of nitrogens with zero attached hydrogens (tertiary/aromatic N) is 3. The van der Waals surface area contributed by atoms with Crippen LogP contribution in [-0.2, 0) is 21.6 Å². The third-order valence-corrected chi connectivity index (χ3v) is 10.0. The predicted molar refractivity (Wildman–Crippen MR) is 164 cm³/mol. The van der Waals surface area contributed by atoms with Crippen LogP contribution >= 0.6 is 23.7 Å². The number of rotatable bonds is 9. The van der Waals surface area contributed by atoms with E-state index < -0.39 is 28.9 Å². The van der Waals surface area contributed by atoms with Gasteiger partial charge < -0.3 is 24.3 Å². The topological polar surface area (TPSA) is 138 Å². The van der Waals surface area contributed by atoms with E-state index in [4.69, 9.17) is 13.9 Å². The number of carboxylic acids is 1. The van der Waals surface area contributed by atoms with Gasteiger partial charge in [0.1, 0.15) is 28.5 Å². The van der Waals surface area contributed by atoms with Gasteiger partial charge in [-0.05, 0) is 70.2 Å². The van der Waals surface area contributed by atoms with Crippen molar-refractivity contribution in [3.63, 3.8) is 0 Å². The minimum atomic E-state index is -1.81. The summed E-state index contributed by atoms with van der Waals surface area (Å²) in [5.41, 5.74) is -1.87. The lowest BCUT2D eigenvalue weighted by molar-refractivity contribution is -0.146. The quantitative estimate of drug-likeness (QED) is 0.279. The van der Waals surface area contributed by atoms with Gasteiger partial charge in [0.15, 0.2) is 0 Å². The number of benzene rings is 1. The molecule has 13 heteroatoms. The first-order chi connectivity index (χ1) is 20.1. The highest BCUT2D eigenvalue weighted by atomic mass is 35.5. The van der Waals surface area contributed by atoms with Gasteiger partial charge in [0.05, 0.1) is 36.2 Å². The lowest BCUT2D eigenvalue weighted by Gasteiger charge is -2.27. The Balaban J connectivity index is 0.00000368. The summed E-state index contributed by atoms with van der Waals surface area (Å²) in [7, 11) is 1.59. The standard InChI is InChI=1S/C30H34N4O7S.ClH/c1-16-23-26(35)34(30(2,3)28(36)37)29(38)33(27(23)42-24(16)25-32-9-10-40-25)15-22(20-7-5-6-8-21(20)39-4)41-19-11-17-13-31-14-18(17)12-19;/h5-10,17-19,22,31H,11-15H2,1-4H3,(H,36,37);1H. The number of carbonyl (C=O) groups is 1. The molecule has 0 bridgehead atoms. The van der Waals surface area contributed by atoms with Crippen molar-refractivity contribution in [1.29, 1.82) is 0 Å². The molecule has 2 aliphatic rings. The minimum Gasteiger partial charge on any atom is -0.496 e. The van der Waals surface area contributed by atoms with E-state index in [-0.39, 0.29) is 30.4 Å². The third kappa shape index (κ3) is 5.30. The van der Waals surface area contributed by atoms with Gasteiger partial charge in [0, 0.05) is 5.56 Å². The Morgan fingerprint density at radius 1 is 1.23 bits per heavy atom. The first kappa shape index (κ1) is 31.0. The molecule has 4 aromatic rings. The van der Waals surface area contributed by atoms with Crippen LogP contribution in [0, 0.1) is 18.8 Å². The average Bonchev–Trinajstić information content (AvgIpc) is 3.75. The summed E-state index contributed by atoms with van der Waals surface area (Å²) in [4.78, 5) is 45.7. The van der Waals surface area contributed by atoms with E-state index in [1.54, 1.807) is 14.0 Å². The Hall–Kier alpha value is -3.45. The third-order valence-electron chi connectivity index (χ3n) is 8.72. The largest absolute Gasteiger partial charge is 0.496 e. The van der Waals surface area contributed by atoms with E-state index in [2.05, 4.69) is 10.3 Å². The number of aromatic nitrogens is 3. The molecule has 0 amide bonds. The highest BCUT2D eigenvalue weighted by Gasteiger charge is 2.40. The number of fused-ring (bicyclic) bond motifs is 2. The zero-order chi connectivity index (χ0) is 29.8. The number of hydrogen-bond donors (Lipinski definition) is 2. The summed E-state index contributed by atoms with van der Waals surface area (Å²) in [5, 5.41) is 13.8. The zero-order valence-corrected chi connectivity index (χ0v) is 26.0. The number of oxazole rings is 1. The van der Waals surface area contributed by atoms with Crippen LogP contribution in [0.2, 0.25) is 0 Å². The maximum atomic E-state index is 14.2. The molecule has 4 heterocycles. The molecule has 43 heavy (non-hydrogen) atoms. The summed E-state index contributed by atoms with van der Waals surface area (Å²) in [6.07, 6.45) is 4.14. The second kappa shape index (κ2) is 11.9. The molecule has 0 spiro atoms. The van der Waals surface area contributed by atoms with Crippen LogP contribution in [0.3, 0.4) is 0 Å². The lowest BCUT2D eigenvalue weighted by Crippen LogP contribution is -2.52. The maximum absolute atomic E-state index is 14.2. The number of methoxy groups -OCH3 is 1. The number of nitrogens with one attached hydrogen (secondary N) is 1. The molecule has 2 N–H and O–H groups in total. The maximum Gasteiger partial charge on any atom is 0.333 e. The summed E-state index contributed by atoms with van der Waals surface area (Å²) < 4.78 is 20.3. The summed E-state index contributed by atoms with van der Waals surface area (Å²) in [6.45, 7) is 6.44. The molecular weight excluding hydrogens is 596 g/mol. The number of aryl methyl sites for hydroxylation is 1. The van der Waals surface area contributed by atoms with E-state index in [1.807, 2.05) is 24.3 Å². The number of thiophene rings is 1. The van der Waals surface area contributed by atoms with E-state index in [9.17, 15) is 19.5 Å². The van der Waals surface area contributed by atoms with Crippen molar-refractivity contribution in [2.45, 2.75) is 57.9 Å². The smallest absolute Gasteiger partial charge is 0.333 e. The Morgan fingerprint density at radius 3 is 2.56 bits per heavy atom. The molecule has 3 aromatic heterocycles. The zero-order valence-electron chi connectivity index (χ0n) is 24.4. The molecule has 3 unspecified atom stereocenters. The van der Waals surface area contributed by atoms with Crippen LogP contribution < -0.4 is 21.3 Å². The van der Waals surface area contributed by atoms with Gasteiger partial charge in [-0.3, -0.25) is 9.36 Å². The number of hydrogen-bond acceptors (Lipinski definition) is 9. The molecule has 1 aliphatic carbocycles. The predicted octanol–water partition coefficient (Wildman–Crippen LogP) is 4.19. The fraction of sp³-hybridized carbons (Fsp3) is 0.467. The molecule has 6 rings (SSSR count). The van der Waals surface area contributed by atoms with Crippen LogP contribution in [0.1, 0.15) is 43.9 Å². The monoisotopic (exact) mass is 630 g/mol. The number of aliphatic carboxylic acids is 1. The van der Waals surface area contributed by atoms with Crippen molar-refractivity contribution >= 4 is 39.9 Å². The molecule has 1 aliphatic heterocycles.